The maximum atomic E-state index is 13.0. The minimum Gasteiger partial charge on any atom is -0.323 e. The van der Waals surface area contributed by atoms with Crippen LogP contribution in [0.15, 0.2) is 48.5 Å². The lowest BCUT2D eigenvalue weighted by Crippen LogP contribution is -2.49. The number of anilines is 1. The Kier molecular flexibility index (Phi) is 3.11. The summed E-state index contributed by atoms with van der Waals surface area (Å²) < 4.78 is 0. The number of imide groups is 1. The van der Waals surface area contributed by atoms with E-state index in [0.29, 0.717) is 16.3 Å². The summed E-state index contributed by atoms with van der Waals surface area (Å²) in [5, 5.41) is 5.56. The summed E-state index contributed by atoms with van der Waals surface area (Å²) in [5.74, 6) is -1.18. The van der Waals surface area contributed by atoms with E-state index < -0.39 is 23.4 Å². The lowest BCUT2D eigenvalue weighted by Gasteiger charge is -2.19. The molecule has 0 aliphatic carbocycles. The van der Waals surface area contributed by atoms with Gasteiger partial charge in [0.1, 0.15) is 0 Å². The van der Waals surface area contributed by atoms with Gasteiger partial charge in [0.25, 0.3) is 11.8 Å². The molecular formula is C17H12ClN3O3. The van der Waals surface area contributed by atoms with Crippen molar-refractivity contribution in [1.82, 2.24) is 10.2 Å². The highest BCUT2D eigenvalue weighted by molar-refractivity contribution is 6.32. The molecule has 0 radical (unpaired) electrons. The first-order valence-corrected chi connectivity index (χ1v) is 7.70. The third-order valence-electron chi connectivity index (χ3n) is 4.26. The highest BCUT2D eigenvalue weighted by atomic mass is 35.5. The highest BCUT2D eigenvalue weighted by Crippen LogP contribution is 2.41. The third kappa shape index (κ3) is 1.93. The van der Waals surface area contributed by atoms with Crippen LogP contribution in [-0.2, 0) is 21.7 Å². The van der Waals surface area contributed by atoms with Crippen LogP contribution in [0, 0.1) is 0 Å². The number of fused-ring (bicyclic) bond motifs is 2. The molecule has 1 saturated heterocycles. The van der Waals surface area contributed by atoms with Gasteiger partial charge in [0, 0.05) is 16.3 Å². The molecule has 120 valence electrons. The van der Waals surface area contributed by atoms with Crippen LogP contribution in [0.3, 0.4) is 0 Å². The average Bonchev–Trinajstić information content (AvgIpc) is 2.98. The van der Waals surface area contributed by atoms with Gasteiger partial charge in [-0.1, -0.05) is 41.9 Å². The predicted molar refractivity (Wildman–Crippen MR) is 87.3 cm³/mol. The summed E-state index contributed by atoms with van der Waals surface area (Å²) >= 11 is 6.01. The van der Waals surface area contributed by atoms with E-state index in [-0.39, 0.29) is 6.54 Å². The summed E-state index contributed by atoms with van der Waals surface area (Å²) in [4.78, 5) is 38.9. The van der Waals surface area contributed by atoms with Gasteiger partial charge in [0.05, 0.1) is 6.54 Å². The standard InChI is InChI=1S/C17H12ClN3O3/c18-11-6-7-13-12(8-11)17(14(22)19-13)15(23)21(16(24)20-17)9-10-4-2-1-3-5-10/h1-8H,9H2,(H,19,22)(H,20,24). The molecule has 2 aliphatic heterocycles. The van der Waals surface area contributed by atoms with Crippen LogP contribution in [0.2, 0.25) is 5.02 Å². The summed E-state index contributed by atoms with van der Waals surface area (Å²) in [7, 11) is 0. The quantitative estimate of drug-likeness (QED) is 0.649. The lowest BCUT2D eigenvalue weighted by molar-refractivity contribution is -0.137. The number of benzene rings is 2. The van der Waals surface area contributed by atoms with E-state index in [9.17, 15) is 14.4 Å². The van der Waals surface area contributed by atoms with Crippen molar-refractivity contribution in [3.8, 4) is 0 Å². The topological polar surface area (TPSA) is 78.5 Å². The Morgan fingerprint density at radius 2 is 1.79 bits per heavy atom. The normalized spacial score (nSPS) is 21.9. The minimum atomic E-state index is -1.74. The second-order valence-corrected chi connectivity index (χ2v) is 6.14. The number of nitrogens with zero attached hydrogens (tertiary/aromatic N) is 1. The van der Waals surface area contributed by atoms with E-state index in [0.717, 1.165) is 10.5 Å². The van der Waals surface area contributed by atoms with Gasteiger partial charge in [0.15, 0.2) is 0 Å². The zero-order chi connectivity index (χ0) is 16.9. The van der Waals surface area contributed by atoms with Crippen molar-refractivity contribution >= 4 is 35.1 Å². The Bertz CT molecular complexity index is 884. The Balaban J connectivity index is 1.76. The molecule has 2 heterocycles. The fourth-order valence-electron chi connectivity index (χ4n) is 3.10. The van der Waals surface area contributed by atoms with Crippen LogP contribution in [0.25, 0.3) is 0 Å². The summed E-state index contributed by atoms with van der Waals surface area (Å²) in [6.45, 7) is 0.0937. The highest BCUT2D eigenvalue weighted by Gasteiger charge is 2.61. The maximum absolute atomic E-state index is 13.0. The molecule has 24 heavy (non-hydrogen) atoms. The minimum absolute atomic E-state index is 0.0937. The van der Waals surface area contributed by atoms with Crippen molar-refractivity contribution in [1.29, 1.82) is 0 Å². The SMILES string of the molecule is O=C1NC2(C(=O)Nc3ccc(Cl)cc32)C(=O)N1Cc1ccccc1. The number of carbonyl (C=O) groups is 3. The van der Waals surface area contributed by atoms with E-state index in [1.807, 2.05) is 30.3 Å². The summed E-state index contributed by atoms with van der Waals surface area (Å²) in [5.41, 5.74) is -0.108. The molecule has 2 aromatic carbocycles. The lowest BCUT2D eigenvalue weighted by atomic mass is 9.91. The zero-order valence-corrected chi connectivity index (χ0v) is 13.1. The van der Waals surface area contributed by atoms with E-state index in [4.69, 9.17) is 11.6 Å². The molecule has 1 atom stereocenters. The molecule has 1 unspecified atom stereocenters. The first-order chi connectivity index (χ1) is 11.5. The number of hydrogen-bond donors (Lipinski definition) is 2. The third-order valence-corrected chi connectivity index (χ3v) is 4.50. The predicted octanol–water partition coefficient (Wildman–Crippen LogP) is 2.24. The van der Waals surface area contributed by atoms with Gasteiger partial charge in [-0.3, -0.25) is 14.5 Å². The molecular weight excluding hydrogens is 330 g/mol. The van der Waals surface area contributed by atoms with Crippen LogP contribution < -0.4 is 10.6 Å². The Morgan fingerprint density at radius 1 is 1.04 bits per heavy atom. The number of amides is 4. The molecule has 0 bridgehead atoms. The molecule has 2 aliphatic rings. The molecule has 4 rings (SSSR count). The average molecular weight is 342 g/mol. The second-order valence-electron chi connectivity index (χ2n) is 5.70. The number of halogens is 1. The number of carbonyl (C=O) groups excluding carboxylic acids is 3. The van der Waals surface area contributed by atoms with Crippen LogP contribution >= 0.6 is 11.6 Å². The number of rotatable bonds is 2. The van der Waals surface area contributed by atoms with Crippen molar-refractivity contribution in [2.75, 3.05) is 5.32 Å². The van der Waals surface area contributed by atoms with Crippen molar-refractivity contribution in [2.45, 2.75) is 12.1 Å². The van der Waals surface area contributed by atoms with Gasteiger partial charge in [-0.2, -0.15) is 0 Å². The van der Waals surface area contributed by atoms with Crippen molar-refractivity contribution in [3.05, 3.63) is 64.7 Å². The number of hydrogen-bond acceptors (Lipinski definition) is 3. The maximum Gasteiger partial charge on any atom is 0.326 e. The van der Waals surface area contributed by atoms with Crippen LogP contribution in [0.5, 0.6) is 0 Å². The fraction of sp³-hybridized carbons (Fsp3) is 0.118. The Morgan fingerprint density at radius 3 is 2.54 bits per heavy atom. The van der Waals surface area contributed by atoms with E-state index in [1.165, 1.54) is 6.07 Å². The Hall–Kier alpha value is -2.86. The molecule has 1 spiro atoms. The van der Waals surface area contributed by atoms with Gasteiger partial charge in [0.2, 0.25) is 5.54 Å². The number of urea groups is 1. The van der Waals surface area contributed by atoms with Crippen LogP contribution in [-0.4, -0.2) is 22.7 Å². The smallest absolute Gasteiger partial charge is 0.323 e. The molecule has 4 amide bonds. The van der Waals surface area contributed by atoms with Gasteiger partial charge < -0.3 is 10.6 Å². The fourth-order valence-corrected chi connectivity index (χ4v) is 3.27. The van der Waals surface area contributed by atoms with Gasteiger partial charge in [-0.05, 0) is 23.8 Å². The molecule has 0 aromatic heterocycles. The van der Waals surface area contributed by atoms with E-state index in [2.05, 4.69) is 10.6 Å². The molecule has 6 nitrogen and oxygen atoms in total. The first-order valence-electron chi connectivity index (χ1n) is 7.32. The second kappa shape index (κ2) is 5.07. The van der Waals surface area contributed by atoms with Crippen molar-refractivity contribution in [2.24, 2.45) is 0 Å². The molecule has 2 aromatic rings. The van der Waals surface area contributed by atoms with Crippen LogP contribution in [0.1, 0.15) is 11.1 Å². The van der Waals surface area contributed by atoms with Crippen molar-refractivity contribution < 1.29 is 14.4 Å². The first kappa shape index (κ1) is 14.7. The zero-order valence-electron chi connectivity index (χ0n) is 12.4. The molecule has 2 N–H and O–H groups in total. The Labute approximate surface area is 142 Å². The van der Waals surface area contributed by atoms with Gasteiger partial charge in [-0.25, -0.2) is 4.79 Å². The van der Waals surface area contributed by atoms with Crippen LogP contribution in [0.4, 0.5) is 10.5 Å². The number of nitrogens with one attached hydrogen (secondary N) is 2. The van der Waals surface area contributed by atoms with Gasteiger partial charge in [-0.15, -0.1) is 0 Å². The molecule has 0 saturated carbocycles. The van der Waals surface area contributed by atoms with E-state index >= 15 is 0 Å². The van der Waals surface area contributed by atoms with Gasteiger partial charge >= 0.3 is 6.03 Å². The summed E-state index contributed by atoms with van der Waals surface area (Å²) in [6, 6.07) is 13.3. The molecule has 7 heteroatoms. The monoisotopic (exact) mass is 341 g/mol. The van der Waals surface area contributed by atoms with Crippen molar-refractivity contribution in [3.63, 3.8) is 0 Å². The molecule has 1 fully saturated rings. The van der Waals surface area contributed by atoms with E-state index in [1.54, 1.807) is 12.1 Å². The largest absolute Gasteiger partial charge is 0.326 e. The summed E-state index contributed by atoms with van der Waals surface area (Å²) in [6.07, 6.45) is 0.